The van der Waals surface area contributed by atoms with Gasteiger partial charge in [0.05, 0.1) is 24.8 Å². The van der Waals surface area contributed by atoms with E-state index in [-0.39, 0.29) is 18.0 Å². The standard InChI is InChI=1S/C27H24Cl2N2O4S/c1-19-3-14-27(34-2)26(15-19)30-16-23-10-11-24(35-23)18-31(17-20-4-6-21(28)7-5-20)36(32,33)25-12-8-22(29)9-13-25/h3-16H,17-18H2,1-2H3. The number of hydrogen-bond donors (Lipinski definition) is 0. The molecule has 0 bridgehead atoms. The van der Waals surface area contributed by atoms with Crippen molar-refractivity contribution in [1.82, 2.24) is 4.31 Å². The SMILES string of the molecule is COc1ccc(C)cc1N=Cc1ccc(CN(Cc2ccc(Cl)cc2)S(=O)(=O)c2ccc(Cl)cc2)o1. The fourth-order valence-electron chi connectivity index (χ4n) is 3.53. The Hall–Kier alpha value is -3.10. The number of methoxy groups -OCH3 is 1. The highest BCUT2D eigenvalue weighted by atomic mass is 35.5. The van der Waals surface area contributed by atoms with Crippen molar-refractivity contribution in [1.29, 1.82) is 0 Å². The minimum absolute atomic E-state index is 0.0230. The van der Waals surface area contributed by atoms with E-state index in [4.69, 9.17) is 32.4 Å². The van der Waals surface area contributed by atoms with Crippen molar-refractivity contribution in [3.05, 3.63) is 112 Å². The Labute approximate surface area is 220 Å². The van der Waals surface area contributed by atoms with Crippen LogP contribution in [0, 0.1) is 6.92 Å². The number of halogens is 2. The van der Waals surface area contributed by atoms with Crippen LogP contribution < -0.4 is 4.74 Å². The summed E-state index contributed by atoms with van der Waals surface area (Å²) in [5, 5.41) is 1.03. The third-order valence-corrected chi connectivity index (χ3v) is 7.71. The first kappa shape index (κ1) is 26.0. The molecule has 0 aliphatic heterocycles. The van der Waals surface area contributed by atoms with Gasteiger partial charge in [0.2, 0.25) is 10.0 Å². The Bertz CT molecular complexity index is 1460. The molecule has 0 atom stereocenters. The lowest BCUT2D eigenvalue weighted by Gasteiger charge is -2.21. The molecule has 0 radical (unpaired) electrons. The van der Waals surface area contributed by atoms with Gasteiger partial charge < -0.3 is 9.15 Å². The highest BCUT2D eigenvalue weighted by Gasteiger charge is 2.26. The van der Waals surface area contributed by atoms with Crippen LogP contribution in [0.5, 0.6) is 5.75 Å². The first-order valence-corrected chi connectivity index (χ1v) is 13.2. The third kappa shape index (κ3) is 6.36. The molecule has 0 amide bonds. The van der Waals surface area contributed by atoms with Gasteiger partial charge in [0, 0.05) is 16.6 Å². The largest absolute Gasteiger partial charge is 0.494 e. The number of aliphatic imine (C=N–C) groups is 1. The number of hydrogen-bond acceptors (Lipinski definition) is 5. The van der Waals surface area contributed by atoms with Crippen molar-refractivity contribution in [3.63, 3.8) is 0 Å². The minimum atomic E-state index is -3.85. The summed E-state index contributed by atoms with van der Waals surface area (Å²) in [6.45, 7) is 2.13. The summed E-state index contributed by atoms with van der Waals surface area (Å²) in [5.74, 6) is 1.61. The Morgan fingerprint density at radius 3 is 2.25 bits per heavy atom. The molecule has 0 saturated carbocycles. The van der Waals surface area contributed by atoms with Crippen LogP contribution in [0.25, 0.3) is 0 Å². The second-order valence-electron chi connectivity index (χ2n) is 8.09. The van der Waals surface area contributed by atoms with E-state index in [1.54, 1.807) is 61.9 Å². The molecular weight excluding hydrogens is 519 g/mol. The average molecular weight is 543 g/mol. The fourth-order valence-corrected chi connectivity index (χ4v) is 5.18. The van der Waals surface area contributed by atoms with E-state index in [2.05, 4.69) is 4.99 Å². The van der Waals surface area contributed by atoms with Crippen molar-refractivity contribution in [2.24, 2.45) is 4.99 Å². The summed E-state index contributed by atoms with van der Waals surface area (Å²) in [7, 11) is -2.26. The molecule has 0 unspecified atom stereocenters. The number of sulfonamides is 1. The number of ether oxygens (including phenoxy) is 1. The molecular formula is C27H24Cl2N2O4S. The van der Waals surface area contributed by atoms with E-state index < -0.39 is 10.0 Å². The smallest absolute Gasteiger partial charge is 0.243 e. The molecule has 3 aromatic carbocycles. The summed E-state index contributed by atoms with van der Waals surface area (Å²) >= 11 is 12.0. The third-order valence-electron chi connectivity index (χ3n) is 5.40. The molecule has 36 heavy (non-hydrogen) atoms. The van der Waals surface area contributed by atoms with E-state index in [0.29, 0.717) is 33.0 Å². The van der Waals surface area contributed by atoms with Crippen LogP contribution in [-0.2, 0) is 23.1 Å². The van der Waals surface area contributed by atoms with Crippen molar-refractivity contribution in [3.8, 4) is 5.75 Å². The van der Waals surface area contributed by atoms with Gasteiger partial charge in [-0.05, 0) is 78.7 Å². The van der Waals surface area contributed by atoms with Gasteiger partial charge in [-0.2, -0.15) is 4.31 Å². The normalized spacial score (nSPS) is 11.9. The molecule has 6 nitrogen and oxygen atoms in total. The number of aryl methyl sites for hydroxylation is 1. The summed E-state index contributed by atoms with van der Waals surface area (Å²) in [6.07, 6.45) is 1.58. The molecule has 186 valence electrons. The average Bonchev–Trinajstić information content (AvgIpc) is 3.31. The zero-order chi connectivity index (χ0) is 25.7. The fraction of sp³-hybridized carbons (Fsp3) is 0.148. The van der Waals surface area contributed by atoms with Gasteiger partial charge in [0.25, 0.3) is 0 Å². The van der Waals surface area contributed by atoms with Crippen LogP contribution in [0.2, 0.25) is 10.0 Å². The maximum Gasteiger partial charge on any atom is 0.243 e. The topological polar surface area (TPSA) is 72.1 Å². The summed E-state index contributed by atoms with van der Waals surface area (Å²) in [4.78, 5) is 4.62. The van der Waals surface area contributed by atoms with E-state index in [1.807, 2.05) is 25.1 Å². The highest BCUT2D eigenvalue weighted by molar-refractivity contribution is 7.89. The first-order chi connectivity index (χ1) is 17.2. The molecule has 0 fully saturated rings. The Morgan fingerprint density at radius 2 is 1.58 bits per heavy atom. The van der Waals surface area contributed by atoms with Gasteiger partial charge >= 0.3 is 0 Å². The number of furan rings is 1. The molecule has 0 aliphatic carbocycles. The zero-order valence-corrected chi connectivity index (χ0v) is 22.0. The molecule has 4 aromatic rings. The maximum absolute atomic E-state index is 13.5. The van der Waals surface area contributed by atoms with Crippen molar-refractivity contribution < 1.29 is 17.6 Å². The Balaban J connectivity index is 1.60. The predicted molar refractivity (Wildman–Crippen MR) is 143 cm³/mol. The van der Waals surface area contributed by atoms with Gasteiger partial charge in [-0.3, -0.25) is 0 Å². The summed E-state index contributed by atoms with van der Waals surface area (Å²) < 4.78 is 39.6. The quantitative estimate of drug-likeness (QED) is 0.212. The molecule has 9 heteroatoms. The van der Waals surface area contributed by atoms with Crippen LogP contribution in [0.1, 0.15) is 22.6 Å². The monoisotopic (exact) mass is 542 g/mol. The number of benzene rings is 3. The van der Waals surface area contributed by atoms with Crippen LogP contribution in [0.4, 0.5) is 5.69 Å². The molecule has 1 heterocycles. The lowest BCUT2D eigenvalue weighted by Crippen LogP contribution is -2.30. The van der Waals surface area contributed by atoms with Crippen LogP contribution >= 0.6 is 23.2 Å². The van der Waals surface area contributed by atoms with Gasteiger partial charge in [0.1, 0.15) is 23.0 Å². The molecule has 4 rings (SSSR count). The minimum Gasteiger partial charge on any atom is -0.494 e. The summed E-state index contributed by atoms with van der Waals surface area (Å²) in [6, 6.07) is 22.3. The van der Waals surface area contributed by atoms with E-state index in [0.717, 1.165) is 11.1 Å². The molecule has 0 aliphatic rings. The van der Waals surface area contributed by atoms with Gasteiger partial charge in [-0.15, -0.1) is 0 Å². The molecule has 0 saturated heterocycles. The first-order valence-electron chi connectivity index (χ1n) is 11.0. The lowest BCUT2D eigenvalue weighted by molar-refractivity contribution is 0.357. The lowest BCUT2D eigenvalue weighted by atomic mass is 10.2. The van der Waals surface area contributed by atoms with Gasteiger partial charge in [-0.25, -0.2) is 13.4 Å². The van der Waals surface area contributed by atoms with Crippen molar-refractivity contribution >= 4 is 45.1 Å². The van der Waals surface area contributed by atoms with Gasteiger partial charge in [0.15, 0.2) is 0 Å². The number of nitrogens with zero attached hydrogens (tertiary/aromatic N) is 2. The molecule has 1 aromatic heterocycles. The maximum atomic E-state index is 13.5. The van der Waals surface area contributed by atoms with E-state index in [9.17, 15) is 8.42 Å². The molecule has 0 N–H and O–H groups in total. The van der Waals surface area contributed by atoms with E-state index >= 15 is 0 Å². The highest BCUT2D eigenvalue weighted by Crippen LogP contribution is 2.28. The second kappa shape index (κ2) is 11.3. The Morgan fingerprint density at radius 1 is 0.917 bits per heavy atom. The predicted octanol–water partition coefficient (Wildman–Crippen LogP) is 7.05. The second-order valence-corrected chi connectivity index (χ2v) is 10.9. The Kier molecular flexibility index (Phi) is 8.16. The van der Waals surface area contributed by atoms with Crippen molar-refractivity contribution in [2.75, 3.05) is 7.11 Å². The molecule has 0 spiro atoms. The zero-order valence-electron chi connectivity index (χ0n) is 19.7. The van der Waals surface area contributed by atoms with E-state index in [1.165, 1.54) is 16.4 Å². The van der Waals surface area contributed by atoms with Crippen molar-refractivity contribution in [2.45, 2.75) is 24.9 Å². The van der Waals surface area contributed by atoms with Crippen LogP contribution in [-0.4, -0.2) is 26.0 Å². The summed E-state index contributed by atoms with van der Waals surface area (Å²) in [5.41, 5.74) is 2.51. The van der Waals surface area contributed by atoms with Gasteiger partial charge in [-0.1, -0.05) is 41.4 Å². The number of rotatable bonds is 9. The van der Waals surface area contributed by atoms with Crippen LogP contribution in [0.15, 0.2) is 93.2 Å². The van der Waals surface area contributed by atoms with Crippen LogP contribution in [0.3, 0.4) is 0 Å².